The summed E-state index contributed by atoms with van der Waals surface area (Å²) in [7, 11) is 2.91. The number of aliphatic hydroxyl groups is 1. The number of carbonyl (C=O) groups is 2. The van der Waals surface area contributed by atoms with Crippen LogP contribution < -0.4 is 9.47 Å². The van der Waals surface area contributed by atoms with E-state index in [1.165, 1.54) is 19.1 Å². The topological polar surface area (TPSA) is 89.0 Å². The Morgan fingerprint density at radius 3 is 2.32 bits per heavy atom. The summed E-state index contributed by atoms with van der Waals surface area (Å²) in [6.45, 7) is 2.28. The Hall–Kier alpha value is -3.35. The monoisotopic (exact) mass is 382 g/mol. The van der Waals surface area contributed by atoms with Crippen LogP contribution in [0.3, 0.4) is 0 Å². The molecule has 1 aromatic heterocycles. The van der Waals surface area contributed by atoms with Crippen molar-refractivity contribution in [2.24, 2.45) is 0 Å². The zero-order valence-electron chi connectivity index (χ0n) is 16.0. The van der Waals surface area contributed by atoms with Crippen LogP contribution in [0.2, 0.25) is 0 Å². The summed E-state index contributed by atoms with van der Waals surface area (Å²) in [6.07, 6.45) is 2.25. The maximum atomic E-state index is 12.9. The Morgan fingerprint density at radius 2 is 1.79 bits per heavy atom. The number of ketones is 1. The Kier molecular flexibility index (Phi) is 5.63. The normalized spacial score (nSPS) is 18.4. The summed E-state index contributed by atoms with van der Waals surface area (Å²) in [5.41, 5.74) is 0.702. The lowest BCUT2D eigenvalue weighted by Gasteiger charge is -2.24. The van der Waals surface area contributed by atoms with Gasteiger partial charge in [-0.05, 0) is 30.7 Å². The van der Waals surface area contributed by atoms with Gasteiger partial charge in [-0.3, -0.25) is 14.6 Å². The largest absolute Gasteiger partial charge is 0.506 e. The second-order valence-electron chi connectivity index (χ2n) is 6.28. The number of Topliss-reactive ketones (excluding diaryl/α,β-unsaturated/α-hetero) is 1. The van der Waals surface area contributed by atoms with Crippen LogP contribution in [0.15, 0.2) is 48.2 Å². The average molecular weight is 382 g/mol. The van der Waals surface area contributed by atoms with Crippen LogP contribution in [0.1, 0.15) is 30.6 Å². The zero-order valence-corrected chi connectivity index (χ0v) is 16.0. The Morgan fingerprint density at radius 1 is 1.11 bits per heavy atom. The number of hydrogen-bond acceptors (Lipinski definition) is 6. The summed E-state index contributed by atoms with van der Waals surface area (Å²) in [5, 5.41) is 11.1. The molecule has 2 heterocycles. The molecule has 1 aliphatic rings. The van der Waals surface area contributed by atoms with Gasteiger partial charge in [-0.2, -0.15) is 0 Å². The maximum Gasteiger partial charge on any atom is 0.295 e. The molecule has 1 aromatic carbocycles. The van der Waals surface area contributed by atoms with Crippen LogP contribution in [-0.2, 0) is 9.59 Å². The lowest BCUT2D eigenvalue weighted by Crippen LogP contribution is -2.30. The van der Waals surface area contributed by atoms with E-state index in [-0.39, 0.29) is 16.9 Å². The minimum absolute atomic E-state index is 0.0278. The molecule has 0 saturated carbocycles. The molecule has 0 radical (unpaired) electrons. The van der Waals surface area contributed by atoms with Crippen LogP contribution in [0.25, 0.3) is 5.76 Å². The number of aliphatic hydroxyl groups excluding tert-OH is 1. The van der Waals surface area contributed by atoms with Crippen LogP contribution in [-0.4, -0.2) is 47.4 Å². The number of likely N-dealkylation sites (tertiary alicyclic amines) is 1. The van der Waals surface area contributed by atoms with E-state index in [4.69, 9.17) is 9.47 Å². The molecule has 1 unspecified atom stereocenters. The highest BCUT2D eigenvalue weighted by atomic mass is 16.5. The van der Waals surface area contributed by atoms with Gasteiger partial charge in [-0.1, -0.05) is 19.1 Å². The maximum absolute atomic E-state index is 12.9. The number of pyridine rings is 1. The molecule has 0 aliphatic carbocycles. The van der Waals surface area contributed by atoms with Gasteiger partial charge in [0.1, 0.15) is 28.9 Å². The highest BCUT2D eigenvalue weighted by Crippen LogP contribution is 2.42. The van der Waals surface area contributed by atoms with Crippen LogP contribution in [0.5, 0.6) is 11.5 Å². The summed E-state index contributed by atoms with van der Waals surface area (Å²) in [6, 6.07) is 9.48. The van der Waals surface area contributed by atoms with Crippen molar-refractivity contribution in [1.82, 2.24) is 9.88 Å². The average Bonchev–Trinajstić information content (AvgIpc) is 2.98. The SMILES string of the molecule is CCCN1C(=O)C(=O)/C(=C(/O)c2c(OC)cccc2OC)C1c1ccccn1. The number of nitrogens with zero attached hydrogens (tertiary/aromatic N) is 2. The number of methoxy groups -OCH3 is 2. The van der Waals surface area contributed by atoms with E-state index in [0.717, 1.165) is 0 Å². The molecular formula is C21H22N2O5. The number of benzene rings is 1. The third-order valence-electron chi connectivity index (χ3n) is 4.64. The van der Waals surface area contributed by atoms with Crippen molar-refractivity contribution in [2.75, 3.05) is 20.8 Å². The number of amides is 1. The first kappa shape index (κ1) is 19.4. The molecule has 0 spiro atoms. The highest BCUT2D eigenvalue weighted by Gasteiger charge is 2.46. The molecule has 7 heteroatoms. The Labute approximate surface area is 163 Å². The first-order valence-electron chi connectivity index (χ1n) is 8.95. The van der Waals surface area contributed by atoms with Gasteiger partial charge in [-0.15, -0.1) is 0 Å². The zero-order chi connectivity index (χ0) is 20.3. The predicted octanol–water partition coefficient (Wildman–Crippen LogP) is 2.93. The lowest BCUT2D eigenvalue weighted by molar-refractivity contribution is -0.139. The molecule has 28 heavy (non-hydrogen) atoms. The number of rotatable bonds is 6. The summed E-state index contributed by atoms with van der Waals surface area (Å²) >= 11 is 0. The van der Waals surface area contributed by atoms with Gasteiger partial charge in [0, 0.05) is 12.7 Å². The molecule has 146 valence electrons. The van der Waals surface area contributed by atoms with Crippen molar-refractivity contribution in [3.05, 3.63) is 59.4 Å². The van der Waals surface area contributed by atoms with Crippen molar-refractivity contribution in [3.8, 4) is 11.5 Å². The summed E-state index contributed by atoms with van der Waals surface area (Å²) < 4.78 is 10.7. The van der Waals surface area contributed by atoms with E-state index in [2.05, 4.69) is 4.98 Å². The van der Waals surface area contributed by atoms with Crippen LogP contribution in [0.4, 0.5) is 0 Å². The van der Waals surface area contributed by atoms with Gasteiger partial charge < -0.3 is 19.5 Å². The number of hydrogen-bond donors (Lipinski definition) is 1. The van der Waals surface area contributed by atoms with E-state index in [9.17, 15) is 14.7 Å². The van der Waals surface area contributed by atoms with E-state index in [1.807, 2.05) is 6.92 Å². The Bertz CT molecular complexity index is 901. The predicted molar refractivity (Wildman–Crippen MR) is 103 cm³/mol. The van der Waals surface area contributed by atoms with Gasteiger partial charge in [-0.25, -0.2) is 0 Å². The van der Waals surface area contributed by atoms with Gasteiger partial charge in [0.2, 0.25) is 0 Å². The standard InChI is InChI=1S/C21H22N2O5/c1-4-12-23-18(13-8-5-6-11-22-13)17(20(25)21(23)26)19(24)16-14(27-2)9-7-10-15(16)28-3/h5-11,18,24H,4,12H2,1-3H3/b19-17+. The minimum atomic E-state index is -0.782. The van der Waals surface area contributed by atoms with E-state index < -0.39 is 17.7 Å². The minimum Gasteiger partial charge on any atom is -0.506 e. The van der Waals surface area contributed by atoms with Crippen molar-refractivity contribution in [1.29, 1.82) is 0 Å². The number of aromatic nitrogens is 1. The first-order chi connectivity index (χ1) is 13.5. The molecule has 1 atom stereocenters. The van der Waals surface area contributed by atoms with Crippen molar-refractivity contribution >= 4 is 17.4 Å². The Balaban J connectivity index is 2.28. The fourth-order valence-electron chi connectivity index (χ4n) is 3.42. The summed E-state index contributed by atoms with van der Waals surface area (Å²) in [4.78, 5) is 31.3. The molecule has 2 aromatic rings. The molecule has 1 aliphatic heterocycles. The molecule has 3 rings (SSSR count). The fourth-order valence-corrected chi connectivity index (χ4v) is 3.42. The molecule has 1 saturated heterocycles. The smallest absolute Gasteiger partial charge is 0.295 e. The van der Waals surface area contributed by atoms with Crippen molar-refractivity contribution in [2.45, 2.75) is 19.4 Å². The van der Waals surface area contributed by atoms with E-state index in [1.54, 1.807) is 42.6 Å². The van der Waals surface area contributed by atoms with Crippen molar-refractivity contribution < 1.29 is 24.2 Å². The van der Waals surface area contributed by atoms with Gasteiger partial charge >= 0.3 is 0 Å². The molecule has 0 bridgehead atoms. The van der Waals surface area contributed by atoms with Crippen LogP contribution >= 0.6 is 0 Å². The van der Waals surface area contributed by atoms with Gasteiger partial charge in [0.15, 0.2) is 0 Å². The molecule has 7 nitrogen and oxygen atoms in total. The third-order valence-corrected chi connectivity index (χ3v) is 4.64. The highest BCUT2D eigenvalue weighted by molar-refractivity contribution is 6.46. The third kappa shape index (κ3) is 3.19. The second-order valence-corrected chi connectivity index (χ2v) is 6.28. The van der Waals surface area contributed by atoms with E-state index >= 15 is 0 Å². The second kappa shape index (κ2) is 8.12. The molecule has 1 fully saturated rings. The lowest BCUT2D eigenvalue weighted by atomic mass is 9.97. The van der Waals surface area contributed by atoms with Gasteiger partial charge in [0.05, 0.1) is 25.5 Å². The van der Waals surface area contributed by atoms with Crippen LogP contribution in [0, 0.1) is 0 Å². The fraction of sp³-hybridized carbons (Fsp3) is 0.286. The van der Waals surface area contributed by atoms with Crippen molar-refractivity contribution in [3.63, 3.8) is 0 Å². The number of ether oxygens (including phenoxy) is 2. The first-order valence-corrected chi connectivity index (χ1v) is 8.95. The molecular weight excluding hydrogens is 360 g/mol. The molecule has 1 amide bonds. The molecule has 1 N–H and O–H groups in total. The number of carbonyl (C=O) groups excluding carboxylic acids is 2. The summed E-state index contributed by atoms with van der Waals surface area (Å²) in [5.74, 6) is -1.10. The quantitative estimate of drug-likeness (QED) is 0.469. The van der Waals surface area contributed by atoms with E-state index in [0.29, 0.717) is 30.2 Å². The van der Waals surface area contributed by atoms with Gasteiger partial charge in [0.25, 0.3) is 11.7 Å².